The predicted octanol–water partition coefficient (Wildman–Crippen LogP) is 1.28. The fourth-order valence-corrected chi connectivity index (χ4v) is 1.70. The number of aryl methyl sites for hydroxylation is 1. The molecule has 0 aromatic heterocycles. The summed E-state index contributed by atoms with van der Waals surface area (Å²) >= 11 is 0. The fourth-order valence-electron chi connectivity index (χ4n) is 1.70. The van der Waals surface area contributed by atoms with Gasteiger partial charge in [0.2, 0.25) is 5.91 Å². The highest BCUT2D eigenvalue weighted by Gasteiger charge is 2.06. The lowest BCUT2D eigenvalue weighted by atomic mass is 10.2. The van der Waals surface area contributed by atoms with Crippen LogP contribution in [-0.2, 0) is 9.53 Å². The smallest absolute Gasteiger partial charge is 0.220 e. The number of hydrogen-bond donors (Lipinski definition) is 2. The van der Waals surface area contributed by atoms with Gasteiger partial charge in [-0.1, -0.05) is 12.1 Å². The largest absolute Gasteiger partial charge is 0.494 e. The molecule has 0 saturated carbocycles. The Morgan fingerprint density at radius 3 is 2.95 bits per heavy atom. The second-order valence-corrected chi connectivity index (χ2v) is 4.68. The van der Waals surface area contributed by atoms with E-state index in [1.54, 1.807) is 0 Å². The summed E-state index contributed by atoms with van der Waals surface area (Å²) in [5.41, 5.74) is 1.15. The van der Waals surface area contributed by atoms with Crippen molar-refractivity contribution in [1.82, 2.24) is 5.32 Å². The second-order valence-electron chi connectivity index (χ2n) is 4.68. The first-order chi connectivity index (χ1) is 9.61. The first kappa shape index (κ1) is 16.5. The quantitative estimate of drug-likeness (QED) is 0.669. The Hall–Kier alpha value is -1.59. The molecule has 2 N–H and O–H groups in total. The molecule has 0 spiro atoms. The minimum atomic E-state index is -0.660. The van der Waals surface area contributed by atoms with Crippen LogP contribution in [0.5, 0.6) is 5.75 Å². The minimum Gasteiger partial charge on any atom is -0.494 e. The number of aliphatic hydroxyl groups excluding tert-OH is 1. The second kappa shape index (κ2) is 9.34. The molecule has 0 radical (unpaired) electrons. The molecule has 0 aliphatic heterocycles. The molecule has 5 heteroatoms. The standard InChI is InChI=1S/C15H23NO4/c1-12-5-3-6-14(9-12)20-8-4-7-15(18)16-10-13(17)11-19-2/h3,5-6,9,13,17H,4,7-8,10-11H2,1-2H3,(H,16,18). The number of carbonyl (C=O) groups is 1. The van der Waals surface area contributed by atoms with Crippen LogP contribution >= 0.6 is 0 Å². The molecule has 0 fully saturated rings. The van der Waals surface area contributed by atoms with Crippen LogP contribution < -0.4 is 10.1 Å². The lowest BCUT2D eigenvalue weighted by molar-refractivity contribution is -0.121. The fraction of sp³-hybridized carbons (Fsp3) is 0.533. The summed E-state index contributed by atoms with van der Waals surface area (Å²) in [6, 6.07) is 7.80. The average molecular weight is 281 g/mol. The van der Waals surface area contributed by atoms with Gasteiger partial charge in [-0.15, -0.1) is 0 Å². The molecule has 20 heavy (non-hydrogen) atoms. The molecule has 0 aliphatic rings. The molecular weight excluding hydrogens is 258 g/mol. The summed E-state index contributed by atoms with van der Waals surface area (Å²) < 4.78 is 10.3. The molecule has 1 aromatic rings. The summed E-state index contributed by atoms with van der Waals surface area (Å²) in [4.78, 5) is 11.5. The van der Waals surface area contributed by atoms with Crippen molar-refractivity contribution >= 4 is 5.91 Å². The SMILES string of the molecule is COCC(O)CNC(=O)CCCOc1cccc(C)c1. The van der Waals surface area contributed by atoms with Crippen molar-refractivity contribution in [2.45, 2.75) is 25.9 Å². The number of ether oxygens (including phenoxy) is 2. The lowest BCUT2D eigenvalue weighted by Gasteiger charge is -2.11. The summed E-state index contributed by atoms with van der Waals surface area (Å²) in [5.74, 6) is 0.730. The van der Waals surface area contributed by atoms with E-state index in [2.05, 4.69) is 5.32 Å². The number of methoxy groups -OCH3 is 1. The third kappa shape index (κ3) is 7.11. The first-order valence-electron chi connectivity index (χ1n) is 6.75. The zero-order valence-electron chi connectivity index (χ0n) is 12.1. The van der Waals surface area contributed by atoms with E-state index in [1.165, 1.54) is 7.11 Å². The molecule has 0 aliphatic carbocycles. The third-order valence-corrected chi connectivity index (χ3v) is 2.70. The van der Waals surface area contributed by atoms with Gasteiger partial charge in [0, 0.05) is 20.1 Å². The van der Waals surface area contributed by atoms with E-state index < -0.39 is 6.10 Å². The molecule has 1 aromatic carbocycles. The number of carbonyl (C=O) groups excluding carboxylic acids is 1. The Morgan fingerprint density at radius 2 is 2.25 bits per heavy atom. The lowest BCUT2D eigenvalue weighted by Crippen LogP contribution is -2.34. The summed E-state index contributed by atoms with van der Waals surface area (Å²) in [6.45, 7) is 2.94. The molecule has 0 saturated heterocycles. The highest BCUT2D eigenvalue weighted by molar-refractivity contribution is 5.75. The molecule has 1 rings (SSSR count). The van der Waals surface area contributed by atoms with E-state index in [0.29, 0.717) is 19.4 Å². The van der Waals surface area contributed by atoms with Crippen molar-refractivity contribution in [3.05, 3.63) is 29.8 Å². The number of aliphatic hydroxyl groups is 1. The van der Waals surface area contributed by atoms with Crippen molar-refractivity contribution in [3.8, 4) is 5.75 Å². The maximum atomic E-state index is 11.5. The molecule has 1 atom stereocenters. The van der Waals surface area contributed by atoms with Crippen LogP contribution in [0.15, 0.2) is 24.3 Å². The first-order valence-corrected chi connectivity index (χ1v) is 6.75. The molecule has 0 heterocycles. The van der Waals surface area contributed by atoms with Crippen LogP contribution in [0.2, 0.25) is 0 Å². The van der Waals surface area contributed by atoms with Gasteiger partial charge in [-0.2, -0.15) is 0 Å². The zero-order valence-corrected chi connectivity index (χ0v) is 12.1. The average Bonchev–Trinajstić information content (AvgIpc) is 2.42. The van der Waals surface area contributed by atoms with Crippen molar-refractivity contribution < 1.29 is 19.4 Å². The molecule has 5 nitrogen and oxygen atoms in total. The van der Waals surface area contributed by atoms with Gasteiger partial charge in [-0.05, 0) is 31.0 Å². The molecule has 1 unspecified atom stereocenters. The Morgan fingerprint density at radius 1 is 1.45 bits per heavy atom. The van der Waals surface area contributed by atoms with Crippen LogP contribution in [-0.4, -0.2) is 44.0 Å². The summed E-state index contributed by atoms with van der Waals surface area (Å²) in [5, 5.41) is 12.0. The Labute approximate surface area is 119 Å². The highest BCUT2D eigenvalue weighted by Crippen LogP contribution is 2.12. The maximum absolute atomic E-state index is 11.5. The van der Waals surface area contributed by atoms with Crippen molar-refractivity contribution in [2.24, 2.45) is 0 Å². The Kier molecular flexibility index (Phi) is 7.69. The van der Waals surface area contributed by atoms with Gasteiger partial charge in [0.05, 0.1) is 19.3 Å². The van der Waals surface area contributed by atoms with E-state index in [-0.39, 0.29) is 19.1 Å². The maximum Gasteiger partial charge on any atom is 0.220 e. The van der Waals surface area contributed by atoms with E-state index in [1.807, 2.05) is 31.2 Å². The molecular formula is C15H23NO4. The van der Waals surface area contributed by atoms with E-state index in [4.69, 9.17) is 9.47 Å². The number of amides is 1. The van der Waals surface area contributed by atoms with Crippen LogP contribution in [0.25, 0.3) is 0 Å². The van der Waals surface area contributed by atoms with Gasteiger partial charge in [-0.25, -0.2) is 0 Å². The van der Waals surface area contributed by atoms with Crippen molar-refractivity contribution in [1.29, 1.82) is 0 Å². The van der Waals surface area contributed by atoms with Crippen LogP contribution in [0.4, 0.5) is 0 Å². The van der Waals surface area contributed by atoms with Gasteiger partial charge in [0.15, 0.2) is 0 Å². The van der Waals surface area contributed by atoms with Gasteiger partial charge in [0.25, 0.3) is 0 Å². The Bertz CT molecular complexity index is 409. The van der Waals surface area contributed by atoms with Crippen LogP contribution in [0, 0.1) is 6.92 Å². The Balaban J connectivity index is 2.10. The van der Waals surface area contributed by atoms with Crippen molar-refractivity contribution in [2.75, 3.05) is 26.9 Å². The number of rotatable bonds is 9. The number of nitrogens with one attached hydrogen (secondary N) is 1. The van der Waals surface area contributed by atoms with E-state index in [0.717, 1.165) is 11.3 Å². The normalized spacial score (nSPS) is 11.9. The number of hydrogen-bond acceptors (Lipinski definition) is 4. The minimum absolute atomic E-state index is 0.0898. The predicted molar refractivity (Wildman–Crippen MR) is 76.8 cm³/mol. The molecule has 1 amide bonds. The van der Waals surface area contributed by atoms with E-state index in [9.17, 15) is 9.90 Å². The van der Waals surface area contributed by atoms with E-state index >= 15 is 0 Å². The molecule has 112 valence electrons. The van der Waals surface area contributed by atoms with Gasteiger partial charge in [0.1, 0.15) is 5.75 Å². The third-order valence-electron chi connectivity index (χ3n) is 2.70. The highest BCUT2D eigenvalue weighted by atomic mass is 16.5. The van der Waals surface area contributed by atoms with Gasteiger partial charge in [-0.3, -0.25) is 4.79 Å². The van der Waals surface area contributed by atoms with Gasteiger partial charge >= 0.3 is 0 Å². The summed E-state index contributed by atoms with van der Waals surface area (Å²) in [7, 11) is 1.51. The molecule has 0 bridgehead atoms. The monoisotopic (exact) mass is 281 g/mol. The topological polar surface area (TPSA) is 67.8 Å². The van der Waals surface area contributed by atoms with Crippen LogP contribution in [0.3, 0.4) is 0 Å². The van der Waals surface area contributed by atoms with Crippen molar-refractivity contribution in [3.63, 3.8) is 0 Å². The van der Waals surface area contributed by atoms with Crippen LogP contribution in [0.1, 0.15) is 18.4 Å². The summed E-state index contributed by atoms with van der Waals surface area (Å²) in [6.07, 6.45) is 0.360. The van der Waals surface area contributed by atoms with Gasteiger partial charge < -0.3 is 19.9 Å². The zero-order chi connectivity index (χ0) is 14.8. The number of benzene rings is 1.